The molecule has 0 spiro atoms. The van der Waals surface area contributed by atoms with Crippen LogP contribution < -0.4 is 16.4 Å². The van der Waals surface area contributed by atoms with Gasteiger partial charge in [0, 0.05) is 24.9 Å². The molecule has 0 aromatic heterocycles. The first kappa shape index (κ1) is 21.4. The van der Waals surface area contributed by atoms with Crippen molar-refractivity contribution in [1.29, 1.82) is 0 Å². The van der Waals surface area contributed by atoms with Gasteiger partial charge in [-0.15, -0.1) is 0 Å². The lowest BCUT2D eigenvalue weighted by molar-refractivity contribution is -0.137. The van der Waals surface area contributed by atoms with Gasteiger partial charge in [-0.25, -0.2) is 0 Å². The van der Waals surface area contributed by atoms with Crippen LogP contribution in [-0.4, -0.2) is 31.6 Å². The lowest BCUT2D eigenvalue weighted by atomic mass is 10.1. The first-order valence-electron chi connectivity index (χ1n) is 8.30. The number of carbonyl (C=O) groups excluding carboxylic acids is 2. The second-order valence-electron chi connectivity index (χ2n) is 6.01. The predicted molar refractivity (Wildman–Crippen MR) is 97.5 cm³/mol. The van der Waals surface area contributed by atoms with Crippen molar-refractivity contribution < 1.29 is 27.5 Å². The quantitative estimate of drug-likeness (QED) is 0.672. The molecule has 1 atom stereocenters. The normalized spacial score (nSPS) is 12.3. The number of nitrogens with two attached hydrogens (primary N) is 1. The summed E-state index contributed by atoms with van der Waals surface area (Å²) in [6, 6.07) is 9.89. The van der Waals surface area contributed by atoms with Crippen LogP contribution in [0.25, 0.3) is 0 Å². The van der Waals surface area contributed by atoms with Crippen molar-refractivity contribution in [2.24, 2.45) is 5.73 Å². The number of amides is 2. The van der Waals surface area contributed by atoms with E-state index in [0.717, 1.165) is 29.8 Å². The highest BCUT2D eigenvalue weighted by molar-refractivity contribution is 5.95. The van der Waals surface area contributed by atoms with E-state index in [9.17, 15) is 22.8 Å². The van der Waals surface area contributed by atoms with E-state index in [1.54, 1.807) is 24.3 Å². The van der Waals surface area contributed by atoms with E-state index in [-0.39, 0.29) is 24.6 Å². The lowest BCUT2D eigenvalue weighted by Gasteiger charge is -2.12. The minimum Gasteiger partial charge on any atom is -0.383 e. The largest absolute Gasteiger partial charge is 0.416 e. The molecule has 0 radical (unpaired) electrons. The molecule has 150 valence electrons. The summed E-state index contributed by atoms with van der Waals surface area (Å²) in [5.74, 6) is -0.873. The Bertz CT molecular complexity index is 806. The van der Waals surface area contributed by atoms with Crippen molar-refractivity contribution >= 4 is 17.5 Å². The average Bonchev–Trinajstić information content (AvgIpc) is 2.66. The molecule has 0 bridgehead atoms. The summed E-state index contributed by atoms with van der Waals surface area (Å²) < 4.78 is 42.4. The molecule has 0 saturated carbocycles. The fraction of sp³-hybridized carbons (Fsp3) is 0.263. The number of anilines is 1. The van der Waals surface area contributed by atoms with Gasteiger partial charge < -0.3 is 21.1 Å². The maximum absolute atomic E-state index is 12.5. The van der Waals surface area contributed by atoms with Crippen LogP contribution in [0.5, 0.6) is 0 Å². The molecule has 2 aromatic carbocycles. The minimum absolute atomic E-state index is 0.0971. The summed E-state index contributed by atoms with van der Waals surface area (Å²) in [6.07, 6.45) is -4.44. The number of nitrogens with one attached hydrogen (secondary N) is 2. The molecule has 6 nitrogen and oxygen atoms in total. The van der Waals surface area contributed by atoms with Crippen molar-refractivity contribution in [2.75, 3.05) is 19.0 Å². The highest BCUT2D eigenvalue weighted by atomic mass is 19.4. The summed E-state index contributed by atoms with van der Waals surface area (Å²) in [5.41, 5.74) is 6.23. The average molecular weight is 395 g/mol. The summed E-state index contributed by atoms with van der Waals surface area (Å²) in [7, 11) is 1.45. The van der Waals surface area contributed by atoms with Crippen LogP contribution in [0.15, 0.2) is 48.5 Å². The molecule has 2 amide bonds. The number of ether oxygens (including phenoxy) is 1. The number of benzene rings is 2. The molecule has 0 aliphatic heterocycles. The summed E-state index contributed by atoms with van der Waals surface area (Å²) >= 11 is 0. The molecule has 1 unspecified atom stereocenters. The summed E-state index contributed by atoms with van der Waals surface area (Å²) in [5, 5.41) is 5.26. The molecule has 2 rings (SSSR count). The van der Waals surface area contributed by atoms with Gasteiger partial charge in [0.15, 0.2) is 0 Å². The number of hydrogen-bond acceptors (Lipinski definition) is 4. The van der Waals surface area contributed by atoms with Crippen molar-refractivity contribution in [2.45, 2.75) is 18.8 Å². The van der Waals surface area contributed by atoms with Crippen molar-refractivity contribution in [3.05, 3.63) is 65.2 Å². The summed E-state index contributed by atoms with van der Waals surface area (Å²) in [6.45, 7) is 0.275. The van der Waals surface area contributed by atoms with Crippen LogP contribution >= 0.6 is 0 Å². The third-order valence-electron chi connectivity index (χ3n) is 3.83. The Kier molecular flexibility index (Phi) is 7.13. The van der Waals surface area contributed by atoms with Crippen molar-refractivity contribution in [3.8, 4) is 0 Å². The van der Waals surface area contributed by atoms with Gasteiger partial charge in [-0.1, -0.05) is 12.1 Å². The molecule has 0 aliphatic carbocycles. The predicted octanol–water partition coefficient (Wildman–Crippen LogP) is 2.55. The van der Waals surface area contributed by atoms with E-state index < -0.39 is 23.7 Å². The van der Waals surface area contributed by atoms with E-state index in [4.69, 9.17) is 10.5 Å². The number of hydrogen-bond donors (Lipinski definition) is 3. The standard InChI is InChI=1S/C19H20F3N3O3/c1-28-11-16(23)18(27)25-15-8-2-12(3-9-15)10-24-17(26)13-4-6-14(7-5-13)19(20,21)22/h2-9,16H,10-11,23H2,1H3,(H,24,26)(H,25,27). The van der Waals surface area contributed by atoms with E-state index in [1.807, 2.05) is 0 Å². The first-order chi connectivity index (χ1) is 13.2. The molecule has 0 saturated heterocycles. The Morgan fingerprint density at radius 2 is 1.68 bits per heavy atom. The fourth-order valence-electron chi connectivity index (χ4n) is 2.29. The first-order valence-corrected chi connectivity index (χ1v) is 8.30. The zero-order chi connectivity index (χ0) is 20.7. The number of methoxy groups -OCH3 is 1. The lowest BCUT2D eigenvalue weighted by Crippen LogP contribution is -2.39. The van der Waals surface area contributed by atoms with Crippen LogP contribution in [0.1, 0.15) is 21.5 Å². The Morgan fingerprint density at radius 1 is 1.07 bits per heavy atom. The molecule has 2 aromatic rings. The van der Waals surface area contributed by atoms with Crippen LogP contribution in [0, 0.1) is 0 Å². The second kappa shape index (κ2) is 9.34. The van der Waals surface area contributed by atoms with Crippen LogP contribution in [-0.2, 0) is 22.3 Å². The number of halogens is 3. The van der Waals surface area contributed by atoms with Gasteiger partial charge in [-0.3, -0.25) is 9.59 Å². The third kappa shape index (κ3) is 6.07. The van der Waals surface area contributed by atoms with Crippen molar-refractivity contribution in [1.82, 2.24) is 5.32 Å². The molecule has 4 N–H and O–H groups in total. The van der Waals surface area contributed by atoms with Crippen LogP contribution in [0.3, 0.4) is 0 Å². The number of carbonyl (C=O) groups is 2. The van der Waals surface area contributed by atoms with E-state index >= 15 is 0 Å². The molecular weight excluding hydrogens is 375 g/mol. The van der Waals surface area contributed by atoms with Crippen molar-refractivity contribution in [3.63, 3.8) is 0 Å². The topological polar surface area (TPSA) is 93.4 Å². The van der Waals surface area contributed by atoms with Crippen LogP contribution in [0.2, 0.25) is 0 Å². The Labute approximate surface area is 159 Å². The SMILES string of the molecule is COCC(N)C(=O)Nc1ccc(CNC(=O)c2ccc(C(F)(F)F)cc2)cc1. The maximum Gasteiger partial charge on any atom is 0.416 e. The summed E-state index contributed by atoms with van der Waals surface area (Å²) in [4.78, 5) is 23.9. The third-order valence-corrected chi connectivity index (χ3v) is 3.83. The van der Waals surface area contributed by atoms with Gasteiger partial charge in [0.1, 0.15) is 6.04 Å². The Hall–Kier alpha value is -2.91. The van der Waals surface area contributed by atoms with Gasteiger partial charge in [0.2, 0.25) is 5.91 Å². The molecule has 0 heterocycles. The Balaban J connectivity index is 1.89. The van der Waals surface area contributed by atoms with Gasteiger partial charge in [-0.05, 0) is 42.0 Å². The molecule has 9 heteroatoms. The Morgan fingerprint density at radius 3 is 2.21 bits per heavy atom. The van der Waals surface area contributed by atoms with E-state index in [2.05, 4.69) is 10.6 Å². The van der Waals surface area contributed by atoms with Gasteiger partial charge in [-0.2, -0.15) is 13.2 Å². The van der Waals surface area contributed by atoms with E-state index in [0.29, 0.717) is 5.69 Å². The second-order valence-corrected chi connectivity index (χ2v) is 6.01. The monoisotopic (exact) mass is 395 g/mol. The zero-order valence-electron chi connectivity index (χ0n) is 15.0. The highest BCUT2D eigenvalue weighted by Gasteiger charge is 2.30. The van der Waals surface area contributed by atoms with Crippen LogP contribution in [0.4, 0.5) is 18.9 Å². The number of alkyl halides is 3. The molecular formula is C19H20F3N3O3. The zero-order valence-corrected chi connectivity index (χ0v) is 15.0. The maximum atomic E-state index is 12.5. The molecule has 0 fully saturated rings. The van der Waals surface area contributed by atoms with Gasteiger partial charge in [0.25, 0.3) is 5.91 Å². The van der Waals surface area contributed by atoms with E-state index in [1.165, 1.54) is 7.11 Å². The molecule has 28 heavy (non-hydrogen) atoms. The molecule has 0 aliphatic rings. The fourth-order valence-corrected chi connectivity index (χ4v) is 2.29. The van der Waals surface area contributed by atoms with Gasteiger partial charge in [0.05, 0.1) is 12.2 Å². The number of rotatable bonds is 7. The smallest absolute Gasteiger partial charge is 0.383 e. The highest BCUT2D eigenvalue weighted by Crippen LogP contribution is 2.29. The van der Waals surface area contributed by atoms with Gasteiger partial charge >= 0.3 is 6.18 Å². The minimum atomic E-state index is -4.44.